The molecule has 0 fully saturated rings. The lowest BCUT2D eigenvalue weighted by Gasteiger charge is -2.12. The van der Waals surface area contributed by atoms with Crippen LogP contribution >= 0.6 is 11.6 Å². The van der Waals surface area contributed by atoms with Gasteiger partial charge in [-0.1, -0.05) is 71.8 Å². The minimum absolute atomic E-state index is 0.704. The Balaban J connectivity index is 1.69. The smallest absolute Gasteiger partial charge is 0.165 e. The molecule has 0 aliphatic heterocycles. The number of benzene rings is 3. The van der Waals surface area contributed by atoms with Crippen LogP contribution in [0.3, 0.4) is 0 Å². The third-order valence-corrected chi connectivity index (χ3v) is 5.27. The number of nitrogens with one attached hydrogen (secondary N) is 1. The van der Waals surface area contributed by atoms with Gasteiger partial charge in [0.15, 0.2) is 5.65 Å². The molecule has 0 bridgehead atoms. The molecule has 0 aliphatic carbocycles. The van der Waals surface area contributed by atoms with Crippen molar-refractivity contribution in [3.8, 4) is 22.4 Å². The van der Waals surface area contributed by atoms with E-state index < -0.39 is 0 Å². The molecule has 0 unspecified atom stereocenters. The van der Waals surface area contributed by atoms with Gasteiger partial charge in [-0.15, -0.1) is 0 Å². The van der Waals surface area contributed by atoms with E-state index in [9.17, 15) is 0 Å². The molecule has 4 nitrogen and oxygen atoms in total. The second kappa shape index (κ2) is 7.65. The minimum Gasteiger partial charge on any atom is -0.340 e. The Morgan fingerprint density at radius 2 is 1.57 bits per heavy atom. The maximum absolute atomic E-state index is 6.08. The summed E-state index contributed by atoms with van der Waals surface area (Å²) in [5.74, 6) is 0.850. The number of hydrogen-bond donors (Lipinski definition) is 1. The summed E-state index contributed by atoms with van der Waals surface area (Å²) < 4.78 is 1.84. The fourth-order valence-electron chi connectivity index (χ4n) is 3.43. The van der Waals surface area contributed by atoms with Crippen molar-refractivity contribution < 1.29 is 0 Å². The third kappa shape index (κ3) is 3.53. The Kier molecular flexibility index (Phi) is 4.69. The molecule has 0 amide bonds. The van der Waals surface area contributed by atoms with Gasteiger partial charge in [0.25, 0.3) is 0 Å². The van der Waals surface area contributed by atoms with E-state index in [1.54, 1.807) is 0 Å². The number of aryl methyl sites for hydroxylation is 1. The van der Waals surface area contributed by atoms with E-state index in [1.165, 1.54) is 5.56 Å². The standard InChI is InChI=1S/C25H19ClN4/c1-17-7-13-21(14-8-17)28-24-15-23(19-5-3-2-4-6-19)29-25-22(16-27-30(24)25)18-9-11-20(26)12-10-18/h2-16,28H,1H3. The Labute approximate surface area is 179 Å². The first-order valence-corrected chi connectivity index (χ1v) is 10.1. The number of fused-ring (bicyclic) bond motifs is 1. The van der Waals surface area contributed by atoms with Gasteiger partial charge in [0.1, 0.15) is 5.82 Å². The quantitative estimate of drug-likeness (QED) is 0.355. The van der Waals surface area contributed by atoms with Gasteiger partial charge in [-0.25, -0.2) is 4.98 Å². The molecule has 30 heavy (non-hydrogen) atoms. The monoisotopic (exact) mass is 410 g/mol. The number of anilines is 2. The van der Waals surface area contributed by atoms with Gasteiger partial charge in [-0.3, -0.25) is 0 Å². The Hall–Kier alpha value is -3.63. The summed E-state index contributed by atoms with van der Waals surface area (Å²) in [5.41, 5.74) is 6.91. The zero-order chi connectivity index (χ0) is 20.5. The van der Waals surface area contributed by atoms with Gasteiger partial charge in [0, 0.05) is 27.9 Å². The van der Waals surface area contributed by atoms with E-state index in [0.717, 1.165) is 39.5 Å². The maximum atomic E-state index is 6.08. The summed E-state index contributed by atoms with van der Waals surface area (Å²) >= 11 is 6.08. The maximum Gasteiger partial charge on any atom is 0.165 e. The summed E-state index contributed by atoms with van der Waals surface area (Å²) in [6.07, 6.45) is 1.85. The van der Waals surface area contributed by atoms with Crippen LogP contribution in [0.2, 0.25) is 5.02 Å². The van der Waals surface area contributed by atoms with Gasteiger partial charge < -0.3 is 5.32 Å². The van der Waals surface area contributed by atoms with Crippen LogP contribution in [-0.2, 0) is 0 Å². The van der Waals surface area contributed by atoms with Crippen molar-refractivity contribution in [2.75, 3.05) is 5.32 Å². The Morgan fingerprint density at radius 1 is 0.833 bits per heavy atom. The van der Waals surface area contributed by atoms with Crippen LogP contribution in [0.15, 0.2) is 91.1 Å². The lowest BCUT2D eigenvalue weighted by molar-refractivity contribution is 0.949. The van der Waals surface area contributed by atoms with Crippen LogP contribution in [0, 0.1) is 6.92 Å². The zero-order valence-electron chi connectivity index (χ0n) is 16.4. The molecule has 5 aromatic rings. The number of rotatable bonds is 4. The average molecular weight is 411 g/mol. The summed E-state index contributed by atoms with van der Waals surface area (Å²) in [6.45, 7) is 2.08. The number of hydrogen-bond acceptors (Lipinski definition) is 3. The molecule has 146 valence electrons. The topological polar surface area (TPSA) is 42.2 Å². The second-order valence-electron chi connectivity index (χ2n) is 7.18. The highest BCUT2D eigenvalue weighted by Crippen LogP contribution is 2.30. The van der Waals surface area contributed by atoms with Crippen molar-refractivity contribution in [3.63, 3.8) is 0 Å². The SMILES string of the molecule is Cc1ccc(Nc2cc(-c3ccccc3)nc3c(-c4ccc(Cl)cc4)cnn23)cc1. The molecule has 5 heteroatoms. The zero-order valence-corrected chi connectivity index (χ0v) is 17.1. The van der Waals surface area contributed by atoms with E-state index in [2.05, 4.69) is 53.7 Å². The van der Waals surface area contributed by atoms with Crippen LogP contribution in [0.25, 0.3) is 28.0 Å². The minimum atomic E-state index is 0.704. The van der Waals surface area contributed by atoms with Crippen molar-refractivity contribution in [3.05, 3.63) is 102 Å². The lowest BCUT2D eigenvalue weighted by atomic mass is 10.1. The lowest BCUT2D eigenvalue weighted by Crippen LogP contribution is -2.02. The molecule has 0 radical (unpaired) electrons. The summed E-state index contributed by atoms with van der Waals surface area (Å²) in [5, 5.41) is 8.83. The highest BCUT2D eigenvalue weighted by atomic mass is 35.5. The number of halogens is 1. The largest absolute Gasteiger partial charge is 0.340 e. The number of aromatic nitrogens is 3. The van der Waals surface area contributed by atoms with Crippen molar-refractivity contribution >= 4 is 28.8 Å². The predicted octanol–water partition coefficient (Wildman–Crippen LogP) is 6.77. The van der Waals surface area contributed by atoms with Gasteiger partial charge in [-0.05, 0) is 36.8 Å². The first-order chi connectivity index (χ1) is 14.7. The van der Waals surface area contributed by atoms with Gasteiger partial charge in [0.2, 0.25) is 0 Å². The van der Waals surface area contributed by atoms with Crippen LogP contribution in [-0.4, -0.2) is 14.6 Å². The van der Waals surface area contributed by atoms with Crippen molar-refractivity contribution in [1.82, 2.24) is 14.6 Å². The second-order valence-corrected chi connectivity index (χ2v) is 7.62. The summed E-state index contributed by atoms with van der Waals surface area (Å²) in [4.78, 5) is 4.95. The molecule has 1 N–H and O–H groups in total. The molecule has 0 saturated carbocycles. The molecule has 3 aromatic carbocycles. The van der Waals surface area contributed by atoms with E-state index in [0.29, 0.717) is 5.02 Å². The van der Waals surface area contributed by atoms with Gasteiger partial charge in [0.05, 0.1) is 11.9 Å². The average Bonchev–Trinajstić information content (AvgIpc) is 3.21. The molecule has 2 aromatic heterocycles. The van der Waals surface area contributed by atoms with Crippen molar-refractivity contribution in [1.29, 1.82) is 0 Å². The summed E-state index contributed by atoms with van der Waals surface area (Å²) in [7, 11) is 0. The molecule has 2 heterocycles. The van der Waals surface area contributed by atoms with Crippen LogP contribution in [0.1, 0.15) is 5.56 Å². The van der Waals surface area contributed by atoms with Crippen LogP contribution in [0.5, 0.6) is 0 Å². The Morgan fingerprint density at radius 3 is 2.30 bits per heavy atom. The van der Waals surface area contributed by atoms with E-state index >= 15 is 0 Å². The van der Waals surface area contributed by atoms with Gasteiger partial charge >= 0.3 is 0 Å². The van der Waals surface area contributed by atoms with Crippen molar-refractivity contribution in [2.24, 2.45) is 0 Å². The molecular weight excluding hydrogens is 392 g/mol. The van der Waals surface area contributed by atoms with Crippen molar-refractivity contribution in [2.45, 2.75) is 6.92 Å². The van der Waals surface area contributed by atoms with E-state index in [-0.39, 0.29) is 0 Å². The van der Waals surface area contributed by atoms with Crippen LogP contribution < -0.4 is 5.32 Å². The molecule has 0 aliphatic rings. The normalized spacial score (nSPS) is 11.0. The predicted molar refractivity (Wildman–Crippen MR) is 123 cm³/mol. The van der Waals surface area contributed by atoms with E-state index in [4.69, 9.17) is 16.6 Å². The third-order valence-electron chi connectivity index (χ3n) is 5.02. The molecule has 0 spiro atoms. The highest BCUT2D eigenvalue weighted by molar-refractivity contribution is 6.30. The van der Waals surface area contributed by atoms with Crippen LogP contribution in [0.4, 0.5) is 11.5 Å². The first kappa shape index (κ1) is 18.4. The highest BCUT2D eigenvalue weighted by Gasteiger charge is 2.14. The summed E-state index contributed by atoms with van der Waals surface area (Å²) in [6, 6.07) is 28.2. The number of nitrogens with zero attached hydrogens (tertiary/aromatic N) is 3. The van der Waals surface area contributed by atoms with E-state index in [1.807, 2.05) is 59.2 Å². The molecule has 0 atom stereocenters. The fraction of sp³-hybridized carbons (Fsp3) is 0.0400. The molecule has 5 rings (SSSR count). The van der Waals surface area contributed by atoms with Gasteiger partial charge in [-0.2, -0.15) is 9.61 Å². The fourth-order valence-corrected chi connectivity index (χ4v) is 3.55. The first-order valence-electron chi connectivity index (χ1n) is 9.71. The molecular formula is C25H19ClN4. The Bertz CT molecular complexity index is 1310. The molecule has 0 saturated heterocycles.